The first-order valence-electron chi connectivity index (χ1n) is 5.46. The summed E-state index contributed by atoms with van der Waals surface area (Å²) in [4.78, 5) is 36.4. The predicted octanol–water partition coefficient (Wildman–Crippen LogP) is 1.63. The number of benzene rings is 1. The molecule has 94 valence electrons. The molecule has 1 N–H and O–H groups in total. The quantitative estimate of drug-likeness (QED) is 0.844. The highest BCUT2D eigenvalue weighted by Crippen LogP contribution is 2.24. The van der Waals surface area contributed by atoms with Crippen molar-refractivity contribution in [3.63, 3.8) is 0 Å². The Bertz CT molecular complexity index is 530. The molecule has 1 saturated heterocycles. The van der Waals surface area contributed by atoms with Crippen LogP contribution in [0.3, 0.4) is 0 Å². The standard InChI is InChI=1S/C12H11BrN2O3/c1-2-15-11(17)9(10(16)14-12(15)18)7-4-3-5-8(13)6-7/h3-6,9H,2H2,1H3,(H,14,16,18). The van der Waals surface area contributed by atoms with Gasteiger partial charge in [-0.25, -0.2) is 4.79 Å². The molecule has 1 aromatic carbocycles. The van der Waals surface area contributed by atoms with E-state index in [2.05, 4.69) is 21.2 Å². The van der Waals surface area contributed by atoms with Gasteiger partial charge in [-0.2, -0.15) is 0 Å². The fourth-order valence-electron chi connectivity index (χ4n) is 1.89. The maximum Gasteiger partial charge on any atom is 0.330 e. The lowest BCUT2D eigenvalue weighted by molar-refractivity contribution is -0.138. The number of rotatable bonds is 2. The Morgan fingerprint density at radius 2 is 2.06 bits per heavy atom. The van der Waals surface area contributed by atoms with E-state index in [1.54, 1.807) is 31.2 Å². The first-order chi connectivity index (χ1) is 8.54. The zero-order chi connectivity index (χ0) is 13.3. The fraction of sp³-hybridized carbons (Fsp3) is 0.250. The molecule has 0 saturated carbocycles. The van der Waals surface area contributed by atoms with Crippen LogP contribution in [-0.4, -0.2) is 29.3 Å². The number of hydrogen-bond donors (Lipinski definition) is 1. The van der Waals surface area contributed by atoms with Crippen molar-refractivity contribution in [3.05, 3.63) is 34.3 Å². The van der Waals surface area contributed by atoms with Gasteiger partial charge in [0.2, 0.25) is 11.8 Å². The molecule has 1 fully saturated rings. The molecule has 1 aliphatic rings. The van der Waals surface area contributed by atoms with E-state index >= 15 is 0 Å². The number of carbonyl (C=O) groups is 3. The molecule has 1 atom stereocenters. The largest absolute Gasteiger partial charge is 0.330 e. The number of nitrogens with zero attached hydrogens (tertiary/aromatic N) is 1. The molecule has 5 nitrogen and oxygen atoms in total. The average molecular weight is 311 g/mol. The molecule has 0 radical (unpaired) electrons. The van der Waals surface area contributed by atoms with Crippen LogP contribution in [0.25, 0.3) is 0 Å². The van der Waals surface area contributed by atoms with Gasteiger partial charge in [-0.3, -0.25) is 19.8 Å². The maximum atomic E-state index is 12.1. The molecular formula is C12H11BrN2O3. The van der Waals surface area contributed by atoms with Crippen LogP contribution in [-0.2, 0) is 9.59 Å². The summed E-state index contributed by atoms with van der Waals surface area (Å²) in [6.07, 6.45) is 0. The Morgan fingerprint density at radius 3 is 2.67 bits per heavy atom. The van der Waals surface area contributed by atoms with Gasteiger partial charge in [-0.05, 0) is 24.6 Å². The number of carbonyl (C=O) groups excluding carboxylic acids is 3. The van der Waals surface area contributed by atoms with Gasteiger partial charge >= 0.3 is 6.03 Å². The smallest absolute Gasteiger partial charge is 0.277 e. The van der Waals surface area contributed by atoms with E-state index in [9.17, 15) is 14.4 Å². The van der Waals surface area contributed by atoms with Crippen LogP contribution in [0.5, 0.6) is 0 Å². The normalized spacial score (nSPS) is 20.0. The van der Waals surface area contributed by atoms with Gasteiger partial charge in [0.25, 0.3) is 0 Å². The molecule has 6 heteroatoms. The summed E-state index contributed by atoms with van der Waals surface area (Å²) in [5, 5.41) is 2.19. The Labute approximate surface area is 112 Å². The van der Waals surface area contributed by atoms with E-state index in [-0.39, 0.29) is 6.54 Å². The SMILES string of the molecule is CCN1C(=O)NC(=O)C(c2cccc(Br)c2)C1=O. The fourth-order valence-corrected chi connectivity index (χ4v) is 2.31. The summed E-state index contributed by atoms with van der Waals surface area (Å²) in [6, 6.07) is 6.28. The number of hydrogen-bond acceptors (Lipinski definition) is 3. The second-order valence-electron chi connectivity index (χ2n) is 3.86. The third-order valence-electron chi connectivity index (χ3n) is 2.75. The molecule has 1 aromatic rings. The highest BCUT2D eigenvalue weighted by molar-refractivity contribution is 9.10. The highest BCUT2D eigenvalue weighted by Gasteiger charge is 2.40. The zero-order valence-electron chi connectivity index (χ0n) is 9.64. The molecule has 1 heterocycles. The van der Waals surface area contributed by atoms with Gasteiger partial charge < -0.3 is 0 Å². The molecule has 0 aliphatic carbocycles. The number of nitrogens with one attached hydrogen (secondary N) is 1. The molecule has 0 aromatic heterocycles. The van der Waals surface area contributed by atoms with Crippen molar-refractivity contribution in [1.82, 2.24) is 10.2 Å². The Morgan fingerprint density at radius 1 is 1.33 bits per heavy atom. The van der Waals surface area contributed by atoms with Gasteiger partial charge in [0.05, 0.1) is 0 Å². The van der Waals surface area contributed by atoms with Crippen LogP contribution in [0.1, 0.15) is 18.4 Å². The van der Waals surface area contributed by atoms with Gasteiger partial charge in [-0.15, -0.1) is 0 Å². The number of halogens is 1. The Balaban J connectivity index is 2.40. The van der Waals surface area contributed by atoms with Crippen LogP contribution in [0.15, 0.2) is 28.7 Å². The molecular weight excluding hydrogens is 300 g/mol. The van der Waals surface area contributed by atoms with Crippen molar-refractivity contribution in [3.8, 4) is 0 Å². The molecule has 0 spiro atoms. The van der Waals surface area contributed by atoms with Crippen molar-refractivity contribution < 1.29 is 14.4 Å². The molecule has 1 unspecified atom stereocenters. The Hall–Kier alpha value is -1.69. The summed E-state index contributed by atoms with van der Waals surface area (Å²) in [5.41, 5.74) is 0.567. The minimum Gasteiger partial charge on any atom is -0.277 e. The zero-order valence-corrected chi connectivity index (χ0v) is 11.2. The first-order valence-corrected chi connectivity index (χ1v) is 6.25. The number of amides is 4. The van der Waals surface area contributed by atoms with Crippen molar-refractivity contribution in [2.75, 3.05) is 6.54 Å². The van der Waals surface area contributed by atoms with Gasteiger partial charge in [0.1, 0.15) is 5.92 Å². The van der Waals surface area contributed by atoms with Gasteiger partial charge in [0, 0.05) is 11.0 Å². The van der Waals surface area contributed by atoms with E-state index in [1.165, 1.54) is 0 Å². The van der Waals surface area contributed by atoms with Crippen LogP contribution in [0.4, 0.5) is 4.79 Å². The van der Waals surface area contributed by atoms with E-state index in [0.29, 0.717) is 5.56 Å². The second-order valence-corrected chi connectivity index (χ2v) is 4.78. The third-order valence-corrected chi connectivity index (χ3v) is 3.24. The van der Waals surface area contributed by atoms with Gasteiger partial charge in [0.15, 0.2) is 0 Å². The lowest BCUT2D eigenvalue weighted by Crippen LogP contribution is -2.56. The molecule has 18 heavy (non-hydrogen) atoms. The summed E-state index contributed by atoms with van der Waals surface area (Å²) < 4.78 is 0.778. The third kappa shape index (κ3) is 2.15. The first kappa shape index (κ1) is 12.8. The lowest BCUT2D eigenvalue weighted by Gasteiger charge is -2.29. The predicted molar refractivity (Wildman–Crippen MR) is 67.8 cm³/mol. The van der Waals surface area contributed by atoms with Crippen LogP contribution >= 0.6 is 15.9 Å². The number of likely N-dealkylation sites (N-methyl/N-ethyl adjacent to an activating group) is 1. The average Bonchev–Trinajstić information content (AvgIpc) is 2.28. The van der Waals surface area contributed by atoms with Crippen LogP contribution < -0.4 is 5.32 Å². The van der Waals surface area contributed by atoms with Crippen molar-refractivity contribution in [2.45, 2.75) is 12.8 Å². The minimum atomic E-state index is -0.958. The molecule has 0 bridgehead atoms. The number of barbiturate groups is 1. The molecule has 4 amide bonds. The summed E-state index contributed by atoms with van der Waals surface area (Å²) in [6.45, 7) is 1.92. The monoisotopic (exact) mass is 310 g/mol. The summed E-state index contributed by atoms with van der Waals surface area (Å²) >= 11 is 3.29. The van der Waals surface area contributed by atoms with E-state index < -0.39 is 23.8 Å². The molecule has 1 aliphatic heterocycles. The van der Waals surface area contributed by atoms with Crippen LogP contribution in [0.2, 0.25) is 0 Å². The second kappa shape index (κ2) is 4.89. The summed E-state index contributed by atoms with van der Waals surface area (Å²) in [5.74, 6) is -2.02. The number of imide groups is 2. The summed E-state index contributed by atoms with van der Waals surface area (Å²) in [7, 11) is 0. The topological polar surface area (TPSA) is 66.5 Å². The van der Waals surface area contributed by atoms with Crippen LogP contribution in [0, 0.1) is 0 Å². The Kier molecular flexibility index (Phi) is 3.47. The number of urea groups is 1. The maximum absolute atomic E-state index is 12.1. The van der Waals surface area contributed by atoms with Crippen molar-refractivity contribution >= 4 is 33.8 Å². The lowest BCUT2D eigenvalue weighted by atomic mass is 9.95. The minimum absolute atomic E-state index is 0.239. The van der Waals surface area contributed by atoms with E-state index in [1.807, 2.05) is 0 Å². The van der Waals surface area contributed by atoms with E-state index in [4.69, 9.17) is 0 Å². The van der Waals surface area contributed by atoms with Gasteiger partial charge in [-0.1, -0.05) is 28.1 Å². The van der Waals surface area contributed by atoms with Crippen molar-refractivity contribution in [1.29, 1.82) is 0 Å². The molecule has 2 rings (SSSR count). The highest BCUT2D eigenvalue weighted by atomic mass is 79.9. The van der Waals surface area contributed by atoms with Crippen molar-refractivity contribution in [2.24, 2.45) is 0 Å². The van der Waals surface area contributed by atoms with E-state index in [0.717, 1.165) is 9.37 Å².